The number of hydrogen-bond donors (Lipinski definition) is 3. The molecular formula is C44H38N10O2. The number of aldehydes is 1. The Kier molecular flexibility index (Phi) is 10.4. The van der Waals surface area contributed by atoms with Crippen molar-refractivity contribution in [2.24, 2.45) is 0 Å². The van der Waals surface area contributed by atoms with Crippen LogP contribution in [0.5, 0.6) is 0 Å². The number of nitrogen functional groups attached to an aromatic ring is 1. The normalized spacial score (nSPS) is 14.9. The molecule has 0 fully saturated rings. The number of carbonyl (C=O) groups is 2. The van der Waals surface area contributed by atoms with Gasteiger partial charge in [0, 0.05) is 29.7 Å². The first-order valence-corrected chi connectivity index (χ1v) is 18.4. The lowest BCUT2D eigenvalue weighted by Crippen LogP contribution is -2.27. The van der Waals surface area contributed by atoms with Crippen LogP contribution in [0.1, 0.15) is 57.1 Å². The number of aryl methyl sites for hydroxylation is 2. The maximum atomic E-state index is 11.0. The average molecular weight is 739 g/mol. The summed E-state index contributed by atoms with van der Waals surface area (Å²) in [7, 11) is 0. The number of hydrogen-bond acceptors (Lipinski definition) is 10. The topological polar surface area (TPSA) is 170 Å². The number of benzene rings is 6. The van der Waals surface area contributed by atoms with Gasteiger partial charge >= 0.3 is 0 Å². The molecule has 0 spiro atoms. The van der Waals surface area contributed by atoms with E-state index in [1.54, 1.807) is 0 Å². The predicted molar refractivity (Wildman–Crippen MR) is 217 cm³/mol. The van der Waals surface area contributed by atoms with Crippen molar-refractivity contribution in [1.29, 1.82) is 0 Å². The Morgan fingerprint density at radius 1 is 0.679 bits per heavy atom. The first-order valence-electron chi connectivity index (χ1n) is 18.4. The molecule has 12 nitrogen and oxygen atoms in total. The largest absolute Gasteiger partial charge is 0.365 e. The zero-order valence-electron chi connectivity index (χ0n) is 30.4. The number of ketones is 1. The molecule has 4 N–H and O–H groups in total. The number of nitrogens with one attached hydrogen (secondary N) is 2. The van der Waals surface area contributed by atoms with Crippen LogP contribution >= 0.6 is 0 Å². The van der Waals surface area contributed by atoms with Gasteiger partial charge in [-0.3, -0.25) is 9.59 Å². The number of fused-ring (bicyclic) bond motifs is 6. The van der Waals surface area contributed by atoms with Crippen LogP contribution in [0.25, 0.3) is 27.1 Å². The van der Waals surface area contributed by atoms with Crippen molar-refractivity contribution in [2.75, 3.05) is 11.1 Å². The van der Waals surface area contributed by atoms with Crippen molar-refractivity contribution in [2.45, 2.75) is 38.1 Å². The summed E-state index contributed by atoms with van der Waals surface area (Å²) in [4.78, 5) is 21.6. The third-order valence-electron chi connectivity index (χ3n) is 10.2. The van der Waals surface area contributed by atoms with Gasteiger partial charge in [-0.25, -0.2) is 0 Å². The number of nitrogens with zero attached hydrogens (tertiary/aromatic N) is 7. The van der Waals surface area contributed by atoms with E-state index in [1.807, 2.05) is 65.3 Å². The minimum atomic E-state index is -0.0428. The molecule has 276 valence electrons. The number of anilines is 2. The molecule has 0 saturated carbocycles. The lowest BCUT2D eigenvalue weighted by Gasteiger charge is -2.34. The Morgan fingerprint density at radius 2 is 1.34 bits per heavy atom. The molecule has 1 atom stereocenters. The van der Waals surface area contributed by atoms with Crippen LogP contribution in [-0.2, 0) is 24.1 Å². The van der Waals surface area contributed by atoms with E-state index >= 15 is 0 Å². The number of aromatic nitrogens is 8. The Bertz CT molecular complexity index is 2670. The molecule has 12 heteroatoms. The monoisotopic (exact) mass is 738 g/mol. The van der Waals surface area contributed by atoms with E-state index < -0.39 is 0 Å². The second-order valence-corrected chi connectivity index (χ2v) is 13.5. The number of Topliss-reactive ketones (excluding diaryl/α,β-unsaturated/α-hetero) is 1. The number of aromatic amines is 1. The number of allylic oxidation sites excluding steroid dienone is 2. The standard InChI is InChI=1S/C22H17N5.C11H8O.C10H10O.CH3N5/c1-3-9-16-14(6-1)8-5-11-18(16)21-20-17-10-4-2-7-15(17)12-13-19(20)23-22-24-25-26-27(21)22;12-8-10-6-3-5-9-4-1-2-7-11(9)10;11-10-6-5-8-3-1-2-4-9(8)7-10;2-1-3-5-6-4-1/h1-11,21H,12-13H2,(H,23,24,26);1-8H;1-4H,5-7H2;(H3,2,3,4,5,6). The summed E-state index contributed by atoms with van der Waals surface area (Å²) in [5.74, 6) is 1.27. The summed E-state index contributed by atoms with van der Waals surface area (Å²) in [5.41, 5.74) is 14.7. The van der Waals surface area contributed by atoms with Crippen molar-refractivity contribution in [3.8, 4) is 0 Å². The lowest BCUT2D eigenvalue weighted by atomic mass is 9.81. The fourth-order valence-electron chi connectivity index (χ4n) is 7.55. The van der Waals surface area contributed by atoms with Crippen LogP contribution < -0.4 is 11.1 Å². The fraction of sp³-hybridized carbons (Fsp3) is 0.136. The molecule has 11 rings (SSSR count). The zero-order chi connectivity index (χ0) is 38.3. The van der Waals surface area contributed by atoms with Gasteiger partial charge in [0.05, 0.1) is 0 Å². The van der Waals surface area contributed by atoms with E-state index in [-0.39, 0.29) is 12.0 Å². The molecule has 3 heterocycles. The van der Waals surface area contributed by atoms with Gasteiger partial charge in [0.25, 0.3) is 5.95 Å². The zero-order valence-corrected chi connectivity index (χ0v) is 30.4. The molecule has 56 heavy (non-hydrogen) atoms. The summed E-state index contributed by atoms with van der Waals surface area (Å²) in [6.07, 6.45) is 5.22. The molecule has 1 aliphatic heterocycles. The first-order chi connectivity index (χ1) is 27.6. The van der Waals surface area contributed by atoms with Gasteiger partial charge in [-0.05, 0) is 84.3 Å². The van der Waals surface area contributed by atoms with E-state index in [0.29, 0.717) is 18.2 Å². The van der Waals surface area contributed by atoms with Gasteiger partial charge in [-0.15, -0.1) is 5.10 Å². The SMILES string of the molecule is Nc1nn[nH]n1.O=C1CCc2ccccc2C1.O=Cc1cccc2ccccc12.c1ccc2c(c1)CCC1=C2C(c2cccc3ccccc23)n2nnnc2N1. The van der Waals surface area contributed by atoms with E-state index in [1.165, 1.54) is 49.9 Å². The lowest BCUT2D eigenvalue weighted by molar-refractivity contribution is -0.118. The number of H-pyrrole nitrogens is 1. The smallest absolute Gasteiger partial charge is 0.260 e. The third kappa shape index (κ3) is 7.53. The van der Waals surface area contributed by atoms with Crippen molar-refractivity contribution in [3.63, 3.8) is 0 Å². The van der Waals surface area contributed by atoms with Gasteiger partial charge in [0.2, 0.25) is 5.95 Å². The van der Waals surface area contributed by atoms with Crippen molar-refractivity contribution >= 4 is 51.1 Å². The van der Waals surface area contributed by atoms with E-state index in [4.69, 9.17) is 5.73 Å². The highest BCUT2D eigenvalue weighted by Crippen LogP contribution is 2.46. The minimum Gasteiger partial charge on any atom is -0.365 e. The number of rotatable bonds is 2. The number of carbonyl (C=O) groups excluding carboxylic acids is 2. The second kappa shape index (κ2) is 16.4. The Balaban J connectivity index is 0.000000125. The summed E-state index contributed by atoms with van der Waals surface area (Å²) in [6.45, 7) is 0. The molecule has 8 aromatic rings. The quantitative estimate of drug-likeness (QED) is 0.152. The van der Waals surface area contributed by atoms with Crippen LogP contribution in [0, 0.1) is 0 Å². The summed E-state index contributed by atoms with van der Waals surface area (Å²) in [6, 6.07) is 45.4. The maximum Gasteiger partial charge on any atom is 0.260 e. The van der Waals surface area contributed by atoms with E-state index in [2.05, 4.69) is 114 Å². The Hall–Kier alpha value is -7.34. The molecule has 2 aliphatic carbocycles. The Morgan fingerprint density at radius 3 is 2.09 bits per heavy atom. The third-order valence-corrected chi connectivity index (χ3v) is 10.2. The van der Waals surface area contributed by atoms with Gasteiger partial charge in [-0.1, -0.05) is 144 Å². The van der Waals surface area contributed by atoms with Gasteiger partial charge in [0.1, 0.15) is 11.8 Å². The number of tetrazole rings is 2. The highest BCUT2D eigenvalue weighted by molar-refractivity contribution is 5.98. The molecule has 6 aromatic carbocycles. The molecule has 3 aliphatic rings. The average Bonchev–Trinajstić information content (AvgIpc) is 3.94. The molecule has 0 radical (unpaired) electrons. The predicted octanol–water partition coefficient (Wildman–Crippen LogP) is 7.38. The van der Waals surface area contributed by atoms with Crippen LogP contribution in [0.4, 0.5) is 11.9 Å². The molecule has 2 aromatic heterocycles. The van der Waals surface area contributed by atoms with Crippen LogP contribution in [0.2, 0.25) is 0 Å². The van der Waals surface area contributed by atoms with Crippen LogP contribution in [-0.4, -0.2) is 52.9 Å². The molecule has 1 unspecified atom stereocenters. The van der Waals surface area contributed by atoms with Crippen molar-refractivity contribution < 1.29 is 9.59 Å². The summed E-state index contributed by atoms with van der Waals surface area (Å²) < 4.78 is 1.92. The first kappa shape index (κ1) is 35.7. The summed E-state index contributed by atoms with van der Waals surface area (Å²) >= 11 is 0. The molecule has 0 amide bonds. The highest BCUT2D eigenvalue weighted by Gasteiger charge is 2.35. The fourth-order valence-corrected chi connectivity index (χ4v) is 7.55. The van der Waals surface area contributed by atoms with Crippen molar-refractivity contribution in [3.05, 3.63) is 173 Å². The van der Waals surface area contributed by atoms with Crippen LogP contribution in [0.3, 0.4) is 0 Å². The number of nitrogens with two attached hydrogens (primary N) is 1. The van der Waals surface area contributed by atoms with Crippen LogP contribution in [0.15, 0.2) is 139 Å². The maximum absolute atomic E-state index is 11.0. The molecular weight excluding hydrogens is 701 g/mol. The second-order valence-electron chi connectivity index (χ2n) is 13.5. The van der Waals surface area contributed by atoms with Crippen molar-refractivity contribution in [1.82, 2.24) is 40.8 Å². The summed E-state index contributed by atoms with van der Waals surface area (Å²) in [5, 5.41) is 32.6. The van der Waals surface area contributed by atoms with Gasteiger partial charge in [0.15, 0.2) is 6.29 Å². The Labute approximate surface area is 322 Å². The van der Waals surface area contributed by atoms with E-state index in [0.717, 1.165) is 48.3 Å². The minimum absolute atomic E-state index is 0.0428. The highest BCUT2D eigenvalue weighted by atomic mass is 16.1. The van der Waals surface area contributed by atoms with E-state index in [9.17, 15) is 9.59 Å². The van der Waals surface area contributed by atoms with Gasteiger partial charge in [-0.2, -0.15) is 9.90 Å². The van der Waals surface area contributed by atoms with Gasteiger partial charge < -0.3 is 11.1 Å². The molecule has 0 saturated heterocycles. The molecule has 0 bridgehead atoms.